The predicted octanol–water partition coefficient (Wildman–Crippen LogP) is 3.66. The lowest BCUT2D eigenvalue weighted by Gasteiger charge is -2.41. The number of benzene rings is 1. The first-order chi connectivity index (χ1) is 11.6. The van der Waals surface area contributed by atoms with Gasteiger partial charge in [0, 0.05) is 36.2 Å². The van der Waals surface area contributed by atoms with E-state index in [4.69, 9.17) is 16.3 Å². The Balaban J connectivity index is 2.05. The van der Waals surface area contributed by atoms with Crippen molar-refractivity contribution in [1.29, 1.82) is 0 Å². The molecule has 5 nitrogen and oxygen atoms in total. The highest BCUT2D eigenvalue weighted by atomic mass is 79.9. The quantitative estimate of drug-likeness (QED) is 0.733. The summed E-state index contributed by atoms with van der Waals surface area (Å²) in [5.41, 5.74) is -0.113. The number of hydrogen-bond donors (Lipinski definition) is 1. The van der Waals surface area contributed by atoms with Gasteiger partial charge >= 0.3 is 6.09 Å². The number of rotatable bonds is 3. The smallest absolute Gasteiger partial charge is 0.410 e. The van der Waals surface area contributed by atoms with Crippen molar-refractivity contribution in [2.75, 3.05) is 26.2 Å². The van der Waals surface area contributed by atoms with Crippen LogP contribution in [0.3, 0.4) is 0 Å². The van der Waals surface area contributed by atoms with E-state index in [0.29, 0.717) is 36.2 Å². The number of carbonyl (C=O) groups excluding carboxylic acids is 1. The molecule has 0 unspecified atom stereocenters. The van der Waals surface area contributed by atoms with Crippen LogP contribution in [0.15, 0.2) is 16.6 Å². The van der Waals surface area contributed by atoms with E-state index in [-0.39, 0.29) is 17.7 Å². The Kier molecular flexibility index (Phi) is 6.70. The molecule has 1 aromatic carbocycles. The third kappa shape index (κ3) is 5.29. The molecule has 0 spiro atoms. The molecule has 8 heteroatoms. The van der Waals surface area contributed by atoms with Crippen molar-refractivity contribution >= 4 is 33.6 Å². The Morgan fingerprint density at radius 3 is 2.72 bits per heavy atom. The molecule has 1 aliphatic heterocycles. The van der Waals surface area contributed by atoms with Crippen molar-refractivity contribution in [3.8, 4) is 0 Å². The maximum Gasteiger partial charge on any atom is 0.410 e. The van der Waals surface area contributed by atoms with E-state index in [0.717, 1.165) is 0 Å². The molecule has 0 saturated carbocycles. The van der Waals surface area contributed by atoms with Crippen LogP contribution >= 0.6 is 27.5 Å². The van der Waals surface area contributed by atoms with Crippen LogP contribution in [0.4, 0.5) is 9.18 Å². The second kappa shape index (κ2) is 8.20. The first kappa shape index (κ1) is 20.4. The maximum atomic E-state index is 14.3. The summed E-state index contributed by atoms with van der Waals surface area (Å²) in [7, 11) is 0. The van der Waals surface area contributed by atoms with Crippen LogP contribution in [0.5, 0.6) is 0 Å². The Morgan fingerprint density at radius 2 is 2.12 bits per heavy atom. The highest BCUT2D eigenvalue weighted by Gasteiger charge is 2.32. The number of halogens is 3. The van der Waals surface area contributed by atoms with Crippen LogP contribution in [-0.4, -0.2) is 58.9 Å². The maximum absolute atomic E-state index is 14.3. The lowest BCUT2D eigenvalue weighted by atomic mass is 10.1. The summed E-state index contributed by atoms with van der Waals surface area (Å²) >= 11 is 9.13. The number of ether oxygens (including phenoxy) is 1. The number of amides is 1. The van der Waals surface area contributed by atoms with Gasteiger partial charge in [0.2, 0.25) is 0 Å². The molecular weight excluding hydrogens is 415 g/mol. The van der Waals surface area contributed by atoms with Crippen LogP contribution in [-0.2, 0) is 11.3 Å². The second-order valence-corrected chi connectivity index (χ2v) is 8.30. The van der Waals surface area contributed by atoms with Gasteiger partial charge in [-0.25, -0.2) is 9.18 Å². The highest BCUT2D eigenvalue weighted by Crippen LogP contribution is 2.29. The summed E-state index contributed by atoms with van der Waals surface area (Å²) in [6, 6.07) is 3.08. The minimum absolute atomic E-state index is 0.0467. The van der Waals surface area contributed by atoms with Crippen LogP contribution in [0.2, 0.25) is 5.02 Å². The number of piperazine rings is 1. The van der Waals surface area contributed by atoms with E-state index in [2.05, 4.69) is 15.9 Å². The van der Waals surface area contributed by atoms with Gasteiger partial charge in [-0.1, -0.05) is 17.7 Å². The molecular formula is C17H23BrClFN2O3. The lowest BCUT2D eigenvalue weighted by molar-refractivity contribution is -0.00632. The van der Waals surface area contributed by atoms with E-state index in [1.165, 1.54) is 0 Å². The van der Waals surface area contributed by atoms with E-state index >= 15 is 0 Å². The number of aliphatic hydroxyl groups excluding tert-OH is 1. The molecule has 1 saturated heterocycles. The summed E-state index contributed by atoms with van der Waals surface area (Å²) in [6.45, 7) is 6.91. The summed E-state index contributed by atoms with van der Waals surface area (Å²) < 4.78 is 20.2. The van der Waals surface area contributed by atoms with E-state index in [1.807, 2.05) is 25.7 Å². The molecule has 1 aliphatic rings. The lowest BCUT2D eigenvalue weighted by Crippen LogP contribution is -2.56. The number of carbonyl (C=O) groups is 1. The van der Waals surface area contributed by atoms with Gasteiger partial charge in [0.05, 0.1) is 17.7 Å². The molecule has 0 aromatic heterocycles. The van der Waals surface area contributed by atoms with Crippen LogP contribution in [0.1, 0.15) is 26.3 Å². The third-order valence-electron chi connectivity index (χ3n) is 3.96. The van der Waals surface area contributed by atoms with Gasteiger partial charge in [0.15, 0.2) is 0 Å². The fourth-order valence-electron chi connectivity index (χ4n) is 2.67. The minimum Gasteiger partial charge on any atom is -0.444 e. The van der Waals surface area contributed by atoms with Gasteiger partial charge in [-0.15, -0.1) is 0 Å². The highest BCUT2D eigenvalue weighted by molar-refractivity contribution is 9.10. The van der Waals surface area contributed by atoms with Crippen molar-refractivity contribution in [2.24, 2.45) is 0 Å². The first-order valence-corrected chi connectivity index (χ1v) is 9.24. The van der Waals surface area contributed by atoms with E-state index < -0.39 is 17.5 Å². The molecule has 25 heavy (non-hydrogen) atoms. The van der Waals surface area contributed by atoms with Crippen molar-refractivity contribution in [3.05, 3.63) is 33.0 Å². The zero-order chi connectivity index (χ0) is 18.8. The summed E-state index contributed by atoms with van der Waals surface area (Å²) in [4.78, 5) is 15.7. The summed E-state index contributed by atoms with van der Waals surface area (Å²) in [5, 5.41) is 9.74. The monoisotopic (exact) mass is 436 g/mol. The number of nitrogens with zero attached hydrogens (tertiary/aromatic N) is 2. The Morgan fingerprint density at radius 1 is 1.44 bits per heavy atom. The van der Waals surface area contributed by atoms with Gasteiger partial charge in [-0.2, -0.15) is 0 Å². The number of hydrogen-bond acceptors (Lipinski definition) is 4. The van der Waals surface area contributed by atoms with E-state index in [1.54, 1.807) is 17.0 Å². The van der Waals surface area contributed by atoms with Gasteiger partial charge in [0.25, 0.3) is 0 Å². The standard InChI is InChI=1S/C17H23BrClFN2O3/c1-17(2,3)25-16(24)22-7-6-21(12(9-22)10-23)8-11-4-5-13(18)14(19)15(11)20/h4-5,12,23H,6-10H2,1-3H3/t12-/m1/s1. The van der Waals surface area contributed by atoms with E-state index in [9.17, 15) is 14.3 Å². The number of aliphatic hydroxyl groups is 1. The van der Waals surface area contributed by atoms with Crippen molar-refractivity contribution < 1.29 is 19.0 Å². The molecule has 1 N–H and O–H groups in total. The predicted molar refractivity (Wildman–Crippen MR) is 98.2 cm³/mol. The van der Waals surface area contributed by atoms with Crippen molar-refractivity contribution in [3.63, 3.8) is 0 Å². The largest absolute Gasteiger partial charge is 0.444 e. The molecule has 1 fully saturated rings. The fourth-order valence-corrected chi connectivity index (χ4v) is 3.16. The summed E-state index contributed by atoms with van der Waals surface area (Å²) in [6.07, 6.45) is -0.400. The first-order valence-electron chi connectivity index (χ1n) is 8.07. The minimum atomic E-state index is -0.569. The zero-order valence-corrected chi connectivity index (χ0v) is 16.9. The molecule has 1 atom stereocenters. The SMILES string of the molecule is CC(C)(C)OC(=O)N1CCN(Cc2ccc(Br)c(Cl)c2F)[C@@H](CO)C1. The zero-order valence-electron chi connectivity index (χ0n) is 14.6. The molecule has 140 valence electrons. The average molecular weight is 438 g/mol. The Bertz CT molecular complexity index is 639. The molecule has 0 bridgehead atoms. The van der Waals surface area contributed by atoms with Crippen LogP contribution in [0, 0.1) is 5.82 Å². The molecule has 1 aromatic rings. The fraction of sp³-hybridized carbons (Fsp3) is 0.588. The molecule has 1 heterocycles. The Labute approximate surface area is 160 Å². The van der Waals surface area contributed by atoms with Gasteiger partial charge < -0.3 is 14.7 Å². The third-order valence-corrected chi connectivity index (χ3v) is 5.21. The van der Waals surface area contributed by atoms with Crippen molar-refractivity contribution in [2.45, 2.75) is 39.0 Å². The summed E-state index contributed by atoms with van der Waals surface area (Å²) in [5.74, 6) is -0.470. The van der Waals surface area contributed by atoms with Gasteiger partial charge in [-0.3, -0.25) is 4.90 Å². The van der Waals surface area contributed by atoms with Gasteiger partial charge in [-0.05, 0) is 42.8 Å². The van der Waals surface area contributed by atoms with Crippen LogP contribution < -0.4 is 0 Å². The molecule has 0 radical (unpaired) electrons. The topological polar surface area (TPSA) is 53.0 Å². The Hall–Kier alpha value is -0.890. The normalized spacial score (nSPS) is 19.2. The van der Waals surface area contributed by atoms with Gasteiger partial charge in [0.1, 0.15) is 11.4 Å². The second-order valence-electron chi connectivity index (χ2n) is 7.07. The van der Waals surface area contributed by atoms with Crippen LogP contribution in [0.25, 0.3) is 0 Å². The molecule has 0 aliphatic carbocycles. The van der Waals surface area contributed by atoms with Crippen molar-refractivity contribution in [1.82, 2.24) is 9.80 Å². The molecule has 1 amide bonds. The molecule has 2 rings (SSSR count). The average Bonchev–Trinajstić information content (AvgIpc) is 2.54.